The first kappa shape index (κ1) is 25.2. The molecule has 0 bridgehead atoms. The van der Waals surface area contributed by atoms with Gasteiger partial charge in [0.1, 0.15) is 5.75 Å². The molecule has 0 radical (unpaired) electrons. The number of halogens is 1. The average Bonchev–Trinajstić information content (AvgIpc) is 3.14. The fourth-order valence-corrected chi connectivity index (χ4v) is 3.72. The predicted octanol–water partition coefficient (Wildman–Crippen LogP) is 4.01. The number of hydrogen-bond donors (Lipinski definition) is 5. The van der Waals surface area contributed by atoms with Crippen molar-refractivity contribution in [2.75, 3.05) is 32.6 Å². The summed E-state index contributed by atoms with van der Waals surface area (Å²) < 4.78 is 19.3. The van der Waals surface area contributed by atoms with Crippen LogP contribution in [0.5, 0.6) is 11.5 Å². The Hall–Kier alpha value is -3.43. The molecule has 0 aliphatic carbocycles. The maximum atomic E-state index is 14.1. The van der Waals surface area contributed by atoms with Gasteiger partial charge in [0.25, 0.3) is 0 Å². The number of nitrogens with one attached hydrogen (secondary N) is 4. The van der Waals surface area contributed by atoms with Crippen LogP contribution in [0.2, 0.25) is 0 Å². The molecule has 1 aromatic carbocycles. The lowest BCUT2D eigenvalue weighted by Crippen LogP contribution is -2.41. The minimum atomic E-state index is -0.528. The Bertz CT molecular complexity index is 1100. The molecule has 1 unspecified atom stereocenters. The molecule has 8 nitrogen and oxygen atoms in total. The van der Waals surface area contributed by atoms with Crippen molar-refractivity contribution in [3.63, 3.8) is 0 Å². The predicted molar refractivity (Wildman–Crippen MR) is 132 cm³/mol. The number of ether oxygens (including phenoxy) is 1. The number of nitrogens with zero attached hydrogens (tertiary/aromatic N) is 1. The highest BCUT2D eigenvalue weighted by molar-refractivity contribution is 5.96. The van der Waals surface area contributed by atoms with Gasteiger partial charge in [0.2, 0.25) is 0 Å². The molecule has 1 aliphatic rings. The van der Waals surface area contributed by atoms with Gasteiger partial charge in [-0.3, -0.25) is 9.78 Å². The molecule has 9 heteroatoms. The van der Waals surface area contributed by atoms with Crippen molar-refractivity contribution < 1.29 is 19.0 Å². The van der Waals surface area contributed by atoms with Crippen LogP contribution < -0.4 is 20.7 Å². The monoisotopic (exact) mass is 469 g/mol. The van der Waals surface area contributed by atoms with Gasteiger partial charge in [-0.2, -0.15) is 0 Å². The van der Waals surface area contributed by atoms with E-state index in [9.17, 15) is 14.3 Å². The highest BCUT2D eigenvalue weighted by atomic mass is 19.1. The van der Waals surface area contributed by atoms with Crippen LogP contribution in [0.25, 0.3) is 11.3 Å². The number of benzene rings is 1. The molecule has 0 amide bonds. The van der Waals surface area contributed by atoms with Crippen molar-refractivity contribution in [1.29, 1.82) is 0 Å². The van der Waals surface area contributed by atoms with E-state index in [2.05, 4.69) is 32.8 Å². The number of anilines is 2. The molecule has 1 saturated heterocycles. The zero-order chi connectivity index (χ0) is 24.5. The largest absolute Gasteiger partial charge is 0.506 e. The number of aldehydes is 1. The number of carbonyl (C=O) groups is 1. The highest BCUT2D eigenvalue weighted by Crippen LogP contribution is 2.40. The number of aromatic nitrogens is 2. The molecule has 3 aromatic rings. The van der Waals surface area contributed by atoms with E-state index in [1.54, 1.807) is 18.2 Å². The third-order valence-corrected chi connectivity index (χ3v) is 5.78. The first-order valence-electron chi connectivity index (χ1n) is 11.3. The first-order valence-corrected chi connectivity index (χ1v) is 11.3. The summed E-state index contributed by atoms with van der Waals surface area (Å²) in [5, 5.41) is 19.7. The molecule has 34 heavy (non-hydrogen) atoms. The third kappa shape index (κ3) is 5.73. The third-order valence-electron chi connectivity index (χ3n) is 5.78. The van der Waals surface area contributed by atoms with Gasteiger partial charge >= 0.3 is 0 Å². The number of H-pyrrole nitrogens is 1. The molecule has 3 heterocycles. The summed E-state index contributed by atoms with van der Waals surface area (Å²) in [7, 11) is 3.19. The summed E-state index contributed by atoms with van der Waals surface area (Å²) in [4.78, 5) is 19.0. The molecule has 5 N–H and O–H groups in total. The van der Waals surface area contributed by atoms with Crippen molar-refractivity contribution in [3.05, 3.63) is 53.7 Å². The lowest BCUT2D eigenvalue weighted by Gasteiger charge is -2.25. The number of rotatable bonds is 9. The summed E-state index contributed by atoms with van der Waals surface area (Å²) in [6.07, 6.45) is 6.85. The van der Waals surface area contributed by atoms with Crippen LogP contribution in [0, 0.1) is 5.82 Å². The van der Waals surface area contributed by atoms with Crippen LogP contribution >= 0.6 is 0 Å². The van der Waals surface area contributed by atoms with Crippen molar-refractivity contribution in [3.8, 4) is 22.8 Å². The molecule has 2 aromatic heterocycles. The Labute approximate surface area is 199 Å². The molecule has 0 saturated carbocycles. The van der Waals surface area contributed by atoms with Gasteiger partial charge in [0, 0.05) is 36.5 Å². The standard InChI is InChI=1S/C20H21FN4O3.C5H11N/c1-22-8-7-15-13(11-26)19(18(24-15)12-6-9-23-10-17(12)27)25-16-5-3-4-14(21)20(16)28-2;1-2-5-3-4-6-5/h3-6,9-11,22,24-25,27H,7-8H2,1-2H3;5-6H,2-4H2,1H3. The van der Waals surface area contributed by atoms with Gasteiger partial charge in [0.15, 0.2) is 17.9 Å². The van der Waals surface area contributed by atoms with E-state index in [1.807, 2.05) is 7.05 Å². The van der Waals surface area contributed by atoms with E-state index in [1.165, 1.54) is 45.0 Å². The molecule has 1 fully saturated rings. The lowest BCUT2D eigenvalue weighted by molar-refractivity contribution is 0.112. The molecule has 4 rings (SSSR count). The summed E-state index contributed by atoms with van der Waals surface area (Å²) in [6, 6.07) is 6.97. The van der Waals surface area contributed by atoms with Crippen LogP contribution in [0.4, 0.5) is 15.8 Å². The van der Waals surface area contributed by atoms with Crippen LogP contribution in [0.15, 0.2) is 36.7 Å². The topological polar surface area (TPSA) is 111 Å². The zero-order valence-corrected chi connectivity index (χ0v) is 19.7. The van der Waals surface area contributed by atoms with Crippen LogP contribution in [0.3, 0.4) is 0 Å². The van der Waals surface area contributed by atoms with Gasteiger partial charge in [-0.05, 0) is 44.6 Å². The van der Waals surface area contributed by atoms with Gasteiger partial charge in [-0.25, -0.2) is 4.39 Å². The molecule has 1 aliphatic heterocycles. The van der Waals surface area contributed by atoms with E-state index in [-0.39, 0.29) is 11.5 Å². The maximum Gasteiger partial charge on any atom is 0.177 e. The number of aromatic hydroxyl groups is 1. The number of carbonyl (C=O) groups excluding carboxylic acids is 1. The van der Waals surface area contributed by atoms with Crippen molar-refractivity contribution in [2.45, 2.75) is 32.2 Å². The van der Waals surface area contributed by atoms with Gasteiger partial charge < -0.3 is 30.8 Å². The van der Waals surface area contributed by atoms with Gasteiger partial charge in [0.05, 0.1) is 35.9 Å². The number of methoxy groups -OCH3 is 1. The highest BCUT2D eigenvalue weighted by Gasteiger charge is 2.22. The Morgan fingerprint density at radius 1 is 1.35 bits per heavy atom. The van der Waals surface area contributed by atoms with E-state index in [0.717, 1.165) is 12.3 Å². The molecular formula is C25H32FN5O3. The number of hydrogen-bond acceptors (Lipinski definition) is 7. The fourth-order valence-electron chi connectivity index (χ4n) is 3.72. The second-order valence-electron chi connectivity index (χ2n) is 7.93. The maximum absolute atomic E-state index is 14.1. The van der Waals surface area contributed by atoms with Gasteiger partial charge in [-0.15, -0.1) is 0 Å². The number of aromatic amines is 1. The van der Waals surface area contributed by atoms with Crippen LogP contribution in [-0.2, 0) is 6.42 Å². The Balaban J connectivity index is 0.000000469. The lowest BCUT2D eigenvalue weighted by atomic mass is 10.1. The fraction of sp³-hybridized carbons (Fsp3) is 0.360. The zero-order valence-electron chi connectivity index (χ0n) is 19.7. The molecule has 182 valence electrons. The Morgan fingerprint density at radius 2 is 2.15 bits per heavy atom. The molecule has 0 spiro atoms. The SMILES string of the molecule is CCC1CCN1.CNCCc1[nH]c(-c2ccncc2O)c(Nc2cccc(F)c2OC)c1C=O. The second kappa shape index (κ2) is 12.2. The smallest absolute Gasteiger partial charge is 0.177 e. The Kier molecular flexibility index (Phi) is 9.00. The number of likely N-dealkylation sites (N-methyl/N-ethyl adjacent to an activating group) is 1. The van der Waals surface area contributed by atoms with Crippen LogP contribution in [-0.4, -0.2) is 54.6 Å². The molecule has 1 atom stereocenters. The van der Waals surface area contributed by atoms with Crippen molar-refractivity contribution in [2.24, 2.45) is 0 Å². The van der Waals surface area contributed by atoms with E-state index < -0.39 is 5.82 Å². The summed E-state index contributed by atoms with van der Waals surface area (Å²) in [5.41, 5.74) is 2.83. The van der Waals surface area contributed by atoms with Crippen molar-refractivity contribution in [1.82, 2.24) is 20.6 Å². The normalized spacial score (nSPS) is 14.5. The Morgan fingerprint density at radius 3 is 2.71 bits per heavy atom. The quantitative estimate of drug-likeness (QED) is 0.301. The first-order chi connectivity index (χ1) is 16.5. The second-order valence-corrected chi connectivity index (χ2v) is 7.93. The molecular weight excluding hydrogens is 437 g/mol. The minimum absolute atomic E-state index is 0.0298. The number of para-hydroxylation sites is 1. The van der Waals surface area contributed by atoms with E-state index in [0.29, 0.717) is 46.9 Å². The van der Waals surface area contributed by atoms with E-state index >= 15 is 0 Å². The summed E-state index contributed by atoms with van der Waals surface area (Å²) >= 11 is 0. The summed E-state index contributed by atoms with van der Waals surface area (Å²) in [6.45, 7) is 4.11. The minimum Gasteiger partial charge on any atom is -0.506 e. The van der Waals surface area contributed by atoms with Gasteiger partial charge in [-0.1, -0.05) is 13.0 Å². The average molecular weight is 470 g/mol. The van der Waals surface area contributed by atoms with E-state index in [4.69, 9.17) is 4.74 Å². The van der Waals surface area contributed by atoms with Crippen LogP contribution in [0.1, 0.15) is 35.8 Å². The van der Waals surface area contributed by atoms with Crippen molar-refractivity contribution >= 4 is 17.7 Å². The summed E-state index contributed by atoms with van der Waals surface area (Å²) in [5.74, 6) is -0.544. The number of pyridine rings is 1.